The van der Waals surface area contributed by atoms with E-state index in [0.717, 1.165) is 29.9 Å². The number of hydrogen-bond donors (Lipinski definition) is 0. The van der Waals surface area contributed by atoms with Crippen molar-refractivity contribution in [2.75, 3.05) is 17.5 Å². The maximum absolute atomic E-state index is 13.3. The van der Waals surface area contributed by atoms with Crippen molar-refractivity contribution in [2.24, 2.45) is 5.92 Å². The first kappa shape index (κ1) is 17.4. The van der Waals surface area contributed by atoms with Gasteiger partial charge in [-0.25, -0.2) is 4.98 Å². The summed E-state index contributed by atoms with van der Waals surface area (Å²) in [6, 6.07) is 3.88. The average Bonchev–Trinajstić information content (AvgIpc) is 3.31. The van der Waals surface area contributed by atoms with Crippen LogP contribution in [0.3, 0.4) is 0 Å². The van der Waals surface area contributed by atoms with Crippen molar-refractivity contribution in [1.29, 1.82) is 0 Å². The number of benzene rings is 1. The number of imidazole rings is 1. The van der Waals surface area contributed by atoms with Crippen LogP contribution in [0, 0.1) is 19.8 Å². The first-order valence-electron chi connectivity index (χ1n) is 9.23. The Morgan fingerprint density at radius 3 is 2.73 bits per heavy atom. The van der Waals surface area contributed by atoms with Crippen molar-refractivity contribution in [1.82, 2.24) is 9.55 Å². The van der Waals surface area contributed by atoms with Crippen LogP contribution in [0.2, 0.25) is 0 Å². The number of anilines is 1. The van der Waals surface area contributed by atoms with E-state index in [1.165, 1.54) is 17.1 Å². The number of aryl methyl sites for hydroxylation is 3. The zero-order valence-electron chi connectivity index (χ0n) is 15.5. The van der Waals surface area contributed by atoms with Crippen LogP contribution in [-0.4, -0.2) is 31.1 Å². The van der Waals surface area contributed by atoms with Gasteiger partial charge < -0.3 is 9.30 Å². The summed E-state index contributed by atoms with van der Waals surface area (Å²) in [6.45, 7) is 7.44. The van der Waals surface area contributed by atoms with Crippen LogP contribution in [0.25, 0.3) is 0 Å². The highest BCUT2D eigenvalue weighted by molar-refractivity contribution is 7.92. The van der Waals surface area contributed by atoms with Crippen LogP contribution in [-0.2, 0) is 23.0 Å². The maximum atomic E-state index is 13.3. The number of hydrogen-bond acceptors (Lipinski definition) is 4. The lowest BCUT2D eigenvalue weighted by Gasteiger charge is -2.31. The van der Waals surface area contributed by atoms with Gasteiger partial charge in [-0.2, -0.15) is 8.42 Å². The molecule has 0 amide bonds. The summed E-state index contributed by atoms with van der Waals surface area (Å²) in [6.07, 6.45) is 4.88. The van der Waals surface area contributed by atoms with E-state index in [9.17, 15) is 8.42 Å². The van der Waals surface area contributed by atoms with Crippen LogP contribution < -0.4 is 9.04 Å². The minimum Gasteiger partial charge on any atom is -0.489 e. The molecule has 2 aliphatic rings. The predicted molar refractivity (Wildman–Crippen MR) is 100 cm³/mol. The zero-order chi connectivity index (χ0) is 18.5. The molecule has 0 radical (unpaired) electrons. The fourth-order valence-electron chi connectivity index (χ4n) is 3.59. The van der Waals surface area contributed by atoms with Crippen molar-refractivity contribution in [2.45, 2.75) is 51.6 Å². The molecule has 1 aliphatic heterocycles. The quantitative estimate of drug-likeness (QED) is 0.806. The summed E-state index contributed by atoms with van der Waals surface area (Å²) in [5, 5.41) is 0.141. The molecule has 7 heteroatoms. The molecule has 140 valence electrons. The van der Waals surface area contributed by atoms with Gasteiger partial charge in [0, 0.05) is 19.2 Å². The fraction of sp³-hybridized carbons (Fsp3) is 0.526. The Hall–Kier alpha value is -2.02. The summed E-state index contributed by atoms with van der Waals surface area (Å²) < 4.78 is 35.9. The van der Waals surface area contributed by atoms with Gasteiger partial charge >= 0.3 is 0 Å². The van der Waals surface area contributed by atoms with E-state index in [2.05, 4.69) is 4.98 Å². The van der Waals surface area contributed by atoms with E-state index in [-0.39, 0.29) is 5.03 Å². The second-order valence-electron chi connectivity index (χ2n) is 7.30. The van der Waals surface area contributed by atoms with E-state index >= 15 is 0 Å². The molecule has 0 atom stereocenters. The van der Waals surface area contributed by atoms with Crippen molar-refractivity contribution >= 4 is 15.7 Å². The van der Waals surface area contributed by atoms with Crippen LogP contribution in [0.15, 0.2) is 23.4 Å². The molecule has 2 heterocycles. The second-order valence-corrected chi connectivity index (χ2v) is 9.11. The lowest BCUT2D eigenvalue weighted by atomic mass is 10.1. The molecule has 1 aromatic carbocycles. The van der Waals surface area contributed by atoms with E-state index in [0.29, 0.717) is 30.5 Å². The molecule has 1 saturated carbocycles. The third-order valence-electron chi connectivity index (χ3n) is 5.07. The summed E-state index contributed by atoms with van der Waals surface area (Å²) in [7, 11) is -3.71. The molecule has 6 nitrogen and oxygen atoms in total. The highest BCUT2D eigenvalue weighted by atomic mass is 32.2. The number of rotatable bonds is 5. The number of sulfonamides is 1. The number of fused-ring (bicyclic) bond motifs is 1. The minimum atomic E-state index is -3.71. The highest BCUT2D eigenvalue weighted by Gasteiger charge is 2.34. The Labute approximate surface area is 154 Å². The first-order valence-corrected chi connectivity index (χ1v) is 10.7. The topological polar surface area (TPSA) is 64.4 Å². The van der Waals surface area contributed by atoms with E-state index in [1.54, 1.807) is 6.20 Å². The smallest absolute Gasteiger partial charge is 0.283 e. The Kier molecular flexibility index (Phi) is 4.22. The molecule has 26 heavy (non-hydrogen) atoms. The van der Waals surface area contributed by atoms with Gasteiger partial charge in [0.25, 0.3) is 10.0 Å². The van der Waals surface area contributed by atoms with Gasteiger partial charge in [-0.3, -0.25) is 4.31 Å². The van der Waals surface area contributed by atoms with Crippen molar-refractivity contribution < 1.29 is 13.2 Å². The first-order chi connectivity index (χ1) is 12.4. The van der Waals surface area contributed by atoms with Crippen LogP contribution in [0.4, 0.5) is 5.69 Å². The average molecular weight is 375 g/mol. The van der Waals surface area contributed by atoms with Crippen LogP contribution in [0.5, 0.6) is 5.75 Å². The van der Waals surface area contributed by atoms with Gasteiger partial charge in [0.2, 0.25) is 0 Å². The molecule has 4 rings (SSSR count). The van der Waals surface area contributed by atoms with Gasteiger partial charge in [-0.05, 0) is 49.8 Å². The SMILES string of the molecule is CCc1nc(S(=O)(=O)N2CCOc3c(C)cc(C)cc32)cn1CC1CC1. The lowest BCUT2D eigenvalue weighted by Crippen LogP contribution is -2.38. The third kappa shape index (κ3) is 2.98. The normalized spacial score (nSPS) is 17.1. The number of aromatic nitrogens is 2. The fourth-order valence-corrected chi connectivity index (χ4v) is 5.01. The Morgan fingerprint density at radius 2 is 2.04 bits per heavy atom. The molecule has 0 spiro atoms. The van der Waals surface area contributed by atoms with Gasteiger partial charge in [0.1, 0.15) is 18.2 Å². The summed E-state index contributed by atoms with van der Waals surface area (Å²) in [4.78, 5) is 4.47. The van der Waals surface area contributed by atoms with E-state index < -0.39 is 10.0 Å². The van der Waals surface area contributed by atoms with Gasteiger partial charge in [0.05, 0.1) is 12.2 Å². The lowest BCUT2D eigenvalue weighted by molar-refractivity contribution is 0.313. The van der Waals surface area contributed by atoms with E-state index in [4.69, 9.17) is 4.74 Å². The number of nitrogens with zero attached hydrogens (tertiary/aromatic N) is 3. The van der Waals surface area contributed by atoms with E-state index in [1.807, 2.05) is 37.5 Å². The summed E-state index contributed by atoms with van der Waals surface area (Å²) >= 11 is 0. The molecule has 0 unspecified atom stereocenters. The standard InChI is InChI=1S/C19H25N3O3S/c1-4-17-20-18(12-21(17)11-15-5-6-15)26(23,24)22-7-8-25-19-14(3)9-13(2)10-16(19)22/h9-10,12,15H,4-8,11H2,1-3H3. The molecule has 0 N–H and O–H groups in total. The van der Waals surface area contributed by atoms with Crippen molar-refractivity contribution in [3.63, 3.8) is 0 Å². The van der Waals surface area contributed by atoms with Crippen molar-refractivity contribution in [3.8, 4) is 5.75 Å². The van der Waals surface area contributed by atoms with Gasteiger partial charge in [-0.15, -0.1) is 0 Å². The predicted octanol–water partition coefficient (Wildman–Crippen LogP) is 3.06. The largest absolute Gasteiger partial charge is 0.489 e. The molecular weight excluding hydrogens is 350 g/mol. The molecular formula is C19H25N3O3S. The monoisotopic (exact) mass is 375 g/mol. The molecule has 1 fully saturated rings. The zero-order valence-corrected chi connectivity index (χ0v) is 16.3. The minimum absolute atomic E-state index is 0.141. The Balaban J connectivity index is 1.75. The Bertz CT molecular complexity index is 945. The van der Waals surface area contributed by atoms with Gasteiger partial charge in [0.15, 0.2) is 5.03 Å². The number of ether oxygens (including phenoxy) is 1. The molecule has 1 aromatic heterocycles. The summed E-state index contributed by atoms with van der Waals surface area (Å²) in [5.41, 5.74) is 2.58. The summed E-state index contributed by atoms with van der Waals surface area (Å²) in [5.74, 6) is 2.15. The maximum Gasteiger partial charge on any atom is 0.283 e. The second kappa shape index (κ2) is 6.30. The van der Waals surface area contributed by atoms with Crippen LogP contribution in [0.1, 0.15) is 36.7 Å². The van der Waals surface area contributed by atoms with Crippen molar-refractivity contribution in [3.05, 3.63) is 35.3 Å². The molecule has 2 aromatic rings. The third-order valence-corrected chi connectivity index (χ3v) is 6.75. The van der Waals surface area contributed by atoms with Crippen LogP contribution >= 0.6 is 0 Å². The molecule has 0 saturated heterocycles. The Morgan fingerprint density at radius 1 is 1.27 bits per heavy atom. The molecule has 0 bridgehead atoms. The highest BCUT2D eigenvalue weighted by Crippen LogP contribution is 2.39. The molecule has 1 aliphatic carbocycles. The van der Waals surface area contributed by atoms with Gasteiger partial charge in [-0.1, -0.05) is 13.0 Å².